The average molecular weight is 437 g/mol. The Hall–Kier alpha value is -1.63. The maximum Gasteiger partial charge on any atom is 0.178 e. The van der Waals surface area contributed by atoms with Gasteiger partial charge in [0, 0.05) is 40.6 Å². The maximum atomic E-state index is 13.1. The molecule has 0 unspecified atom stereocenters. The molecule has 1 aliphatic rings. The molecule has 0 amide bonds. The van der Waals surface area contributed by atoms with Crippen molar-refractivity contribution in [2.75, 3.05) is 18.1 Å². The molecule has 0 radical (unpaired) electrons. The van der Waals surface area contributed by atoms with Crippen LogP contribution in [0, 0.1) is 13.8 Å². The average Bonchev–Trinajstić information content (AvgIpc) is 3.12. The number of rotatable bonds is 7. The predicted molar refractivity (Wildman–Crippen MR) is 118 cm³/mol. The summed E-state index contributed by atoms with van der Waals surface area (Å²) in [4.78, 5) is 15.3. The lowest BCUT2D eigenvalue weighted by Crippen LogP contribution is -2.35. The minimum absolute atomic E-state index is 0.0564. The first kappa shape index (κ1) is 22.1. The highest BCUT2D eigenvalue weighted by Crippen LogP contribution is 2.29. The summed E-state index contributed by atoms with van der Waals surface area (Å²) < 4.78 is 25.8. The van der Waals surface area contributed by atoms with Gasteiger partial charge in [0.25, 0.3) is 0 Å². The minimum Gasteiger partial charge on any atom is -0.344 e. The van der Waals surface area contributed by atoms with Crippen molar-refractivity contribution in [1.29, 1.82) is 0 Å². The van der Waals surface area contributed by atoms with Crippen LogP contribution in [0.1, 0.15) is 53.6 Å². The fourth-order valence-corrected chi connectivity index (χ4v) is 6.07. The van der Waals surface area contributed by atoms with Crippen LogP contribution in [0.5, 0.6) is 0 Å². The van der Waals surface area contributed by atoms with Gasteiger partial charge in [0.05, 0.1) is 18.1 Å². The maximum absolute atomic E-state index is 13.1. The second kappa shape index (κ2) is 8.62. The Balaban J connectivity index is 1.79. The number of halogens is 1. The summed E-state index contributed by atoms with van der Waals surface area (Å²) in [5.41, 5.74) is 3.56. The first-order chi connectivity index (χ1) is 13.6. The molecule has 1 aliphatic heterocycles. The number of sulfone groups is 1. The molecule has 2 aromatic rings. The van der Waals surface area contributed by atoms with Gasteiger partial charge in [-0.2, -0.15) is 0 Å². The Bertz CT molecular complexity index is 1010. The van der Waals surface area contributed by atoms with Crippen molar-refractivity contribution in [3.63, 3.8) is 0 Å². The number of carbonyl (C=O) groups is 1. The summed E-state index contributed by atoms with van der Waals surface area (Å²) in [6.07, 6.45) is 0.610. The number of ketones is 1. The van der Waals surface area contributed by atoms with Gasteiger partial charge in [-0.05, 0) is 57.9 Å². The van der Waals surface area contributed by atoms with Crippen molar-refractivity contribution in [2.24, 2.45) is 0 Å². The number of carbonyl (C=O) groups excluding carboxylic acids is 1. The monoisotopic (exact) mass is 436 g/mol. The van der Waals surface area contributed by atoms with E-state index in [2.05, 4.69) is 18.7 Å². The van der Waals surface area contributed by atoms with Crippen LogP contribution in [0.3, 0.4) is 0 Å². The van der Waals surface area contributed by atoms with Gasteiger partial charge in [-0.15, -0.1) is 0 Å². The summed E-state index contributed by atoms with van der Waals surface area (Å²) in [7, 11) is -2.98. The van der Waals surface area contributed by atoms with Crippen molar-refractivity contribution in [3.8, 4) is 0 Å². The summed E-state index contributed by atoms with van der Waals surface area (Å²) in [6, 6.07) is 9.72. The van der Waals surface area contributed by atoms with E-state index in [0.29, 0.717) is 30.1 Å². The molecule has 158 valence electrons. The Kier molecular flexibility index (Phi) is 6.56. The molecule has 2 heterocycles. The van der Waals surface area contributed by atoms with Crippen LogP contribution in [0.4, 0.5) is 0 Å². The van der Waals surface area contributed by atoms with E-state index in [0.717, 1.165) is 17.0 Å². The topological polar surface area (TPSA) is 59.4 Å². The summed E-state index contributed by atoms with van der Waals surface area (Å²) >= 11 is 6.10. The van der Waals surface area contributed by atoms with Crippen LogP contribution in [0.25, 0.3) is 0 Å². The standard InChI is InChI=1S/C22H29ClN2O3S/c1-15(2)24(12-18-6-5-7-19(23)11-18)13-22(26)21-10-16(3)25(17(21)4)20-8-9-29(27,28)14-20/h5-7,10-11,15,20H,8-9,12-14H2,1-4H3/t20-/m1/s1. The fraction of sp³-hybridized carbons (Fsp3) is 0.500. The highest BCUT2D eigenvalue weighted by Gasteiger charge is 2.32. The third-order valence-corrected chi connectivity index (χ3v) is 7.70. The van der Waals surface area contributed by atoms with Gasteiger partial charge >= 0.3 is 0 Å². The first-order valence-electron chi connectivity index (χ1n) is 9.98. The molecule has 0 N–H and O–H groups in total. The number of aryl methyl sites for hydroxylation is 1. The van der Waals surface area contributed by atoms with Crippen LogP contribution >= 0.6 is 11.6 Å². The molecule has 1 atom stereocenters. The summed E-state index contributed by atoms with van der Waals surface area (Å²) in [5, 5.41) is 0.688. The molecule has 1 fully saturated rings. The second-order valence-electron chi connectivity index (χ2n) is 8.26. The molecule has 1 saturated heterocycles. The van der Waals surface area contributed by atoms with Crippen molar-refractivity contribution in [1.82, 2.24) is 9.47 Å². The third-order valence-electron chi connectivity index (χ3n) is 5.71. The van der Waals surface area contributed by atoms with Crippen LogP contribution in [-0.4, -0.2) is 47.8 Å². The zero-order valence-corrected chi connectivity index (χ0v) is 19.1. The molecule has 1 aromatic carbocycles. The van der Waals surface area contributed by atoms with Gasteiger partial charge < -0.3 is 4.57 Å². The quantitative estimate of drug-likeness (QED) is 0.610. The molecular weight excluding hydrogens is 408 g/mol. The number of Topliss-reactive ketones (excluding diaryl/α,β-unsaturated/α-hetero) is 1. The third kappa shape index (κ3) is 5.11. The smallest absolute Gasteiger partial charge is 0.178 e. The predicted octanol–water partition coefficient (Wildman–Crippen LogP) is 4.21. The first-order valence-corrected chi connectivity index (χ1v) is 12.2. The lowest BCUT2D eigenvalue weighted by Gasteiger charge is -2.26. The molecule has 0 saturated carbocycles. The molecule has 0 spiro atoms. The largest absolute Gasteiger partial charge is 0.344 e. The lowest BCUT2D eigenvalue weighted by molar-refractivity contribution is 0.0897. The van der Waals surface area contributed by atoms with Crippen LogP contribution in [0.2, 0.25) is 5.02 Å². The molecule has 5 nitrogen and oxygen atoms in total. The van der Waals surface area contributed by atoms with Gasteiger partial charge in [0.1, 0.15) is 0 Å². The van der Waals surface area contributed by atoms with E-state index in [-0.39, 0.29) is 29.4 Å². The van der Waals surface area contributed by atoms with E-state index in [4.69, 9.17) is 11.6 Å². The van der Waals surface area contributed by atoms with E-state index >= 15 is 0 Å². The van der Waals surface area contributed by atoms with Crippen LogP contribution in [-0.2, 0) is 16.4 Å². The number of hydrogen-bond acceptors (Lipinski definition) is 4. The zero-order valence-electron chi connectivity index (χ0n) is 17.5. The molecular formula is C22H29ClN2O3S. The Morgan fingerprint density at radius 1 is 1.28 bits per heavy atom. The molecule has 0 aliphatic carbocycles. The van der Waals surface area contributed by atoms with Gasteiger partial charge in [0.15, 0.2) is 15.6 Å². The van der Waals surface area contributed by atoms with E-state index in [9.17, 15) is 13.2 Å². The van der Waals surface area contributed by atoms with E-state index in [1.54, 1.807) is 0 Å². The Morgan fingerprint density at radius 2 is 2.00 bits per heavy atom. The van der Waals surface area contributed by atoms with Crippen molar-refractivity contribution in [2.45, 2.75) is 52.7 Å². The molecule has 7 heteroatoms. The lowest BCUT2D eigenvalue weighted by atomic mass is 10.1. The number of benzene rings is 1. The van der Waals surface area contributed by atoms with Crippen molar-refractivity contribution in [3.05, 3.63) is 57.9 Å². The number of aromatic nitrogens is 1. The highest BCUT2D eigenvalue weighted by molar-refractivity contribution is 7.91. The van der Waals surface area contributed by atoms with E-state index < -0.39 is 9.84 Å². The second-order valence-corrected chi connectivity index (χ2v) is 10.9. The molecule has 0 bridgehead atoms. The van der Waals surface area contributed by atoms with Crippen LogP contribution < -0.4 is 0 Å². The van der Waals surface area contributed by atoms with Gasteiger partial charge in [0.2, 0.25) is 0 Å². The summed E-state index contributed by atoms with van der Waals surface area (Å²) in [5.74, 6) is 0.434. The van der Waals surface area contributed by atoms with Crippen LogP contribution in [0.15, 0.2) is 30.3 Å². The highest BCUT2D eigenvalue weighted by atomic mass is 35.5. The SMILES string of the molecule is Cc1cc(C(=O)CN(Cc2cccc(Cl)c2)C(C)C)c(C)n1[C@@H]1CCS(=O)(=O)C1. The van der Waals surface area contributed by atoms with Gasteiger partial charge in [-0.25, -0.2) is 8.42 Å². The summed E-state index contributed by atoms with van der Waals surface area (Å²) in [6.45, 7) is 8.96. The zero-order chi connectivity index (χ0) is 21.3. The van der Waals surface area contributed by atoms with E-state index in [1.165, 1.54) is 0 Å². The van der Waals surface area contributed by atoms with Gasteiger partial charge in [-0.3, -0.25) is 9.69 Å². The molecule has 3 rings (SSSR count). The Morgan fingerprint density at radius 3 is 2.59 bits per heavy atom. The number of nitrogens with zero attached hydrogens (tertiary/aromatic N) is 2. The Labute approximate surface area is 178 Å². The normalized spacial score (nSPS) is 18.7. The van der Waals surface area contributed by atoms with Gasteiger partial charge in [-0.1, -0.05) is 23.7 Å². The fourth-order valence-electron chi connectivity index (χ4n) is 4.16. The van der Waals surface area contributed by atoms with Crippen molar-refractivity contribution >= 4 is 27.2 Å². The van der Waals surface area contributed by atoms with E-state index in [1.807, 2.05) is 48.7 Å². The molecule has 29 heavy (non-hydrogen) atoms. The minimum atomic E-state index is -2.98. The van der Waals surface area contributed by atoms with Crippen molar-refractivity contribution < 1.29 is 13.2 Å². The number of hydrogen-bond donors (Lipinski definition) is 0. The molecule has 1 aromatic heterocycles.